The van der Waals surface area contributed by atoms with Crippen LogP contribution in [0.2, 0.25) is 0 Å². The van der Waals surface area contributed by atoms with Crippen molar-refractivity contribution in [3.05, 3.63) is 11.6 Å². The number of hydrogen-bond donors (Lipinski definition) is 1. The molecule has 0 bridgehead atoms. The van der Waals surface area contributed by atoms with E-state index in [2.05, 4.69) is 60.5 Å². The third-order valence-corrected chi connectivity index (χ3v) is 13.3. The predicted octanol–water partition coefficient (Wildman–Crippen LogP) is 7.33. The molecule has 0 amide bonds. The zero-order chi connectivity index (χ0) is 26.4. The number of terminal acetylenes is 1. The van der Waals surface area contributed by atoms with E-state index in [1.54, 1.807) is 5.57 Å². The molecule has 0 spiro atoms. The number of carbonyl (C=O) groups excluding carboxylic acids is 1. The van der Waals surface area contributed by atoms with E-state index in [1.165, 1.54) is 12.8 Å². The number of ether oxygens (including phenoxy) is 1. The van der Waals surface area contributed by atoms with E-state index in [1.807, 2.05) is 0 Å². The highest BCUT2D eigenvalue weighted by atomic mass is 16.5. The molecule has 8 atom stereocenters. The molecule has 4 saturated carbocycles. The van der Waals surface area contributed by atoms with Crippen LogP contribution < -0.4 is 0 Å². The Bertz CT molecular complexity index is 999. The zero-order valence-electron chi connectivity index (χ0n) is 24.0. The average Bonchev–Trinajstić information content (AvgIpc) is 2.80. The average molecular weight is 495 g/mol. The molecule has 200 valence electrons. The van der Waals surface area contributed by atoms with Gasteiger partial charge >= 0.3 is 5.97 Å². The minimum Gasteiger partial charge on any atom is -0.452 e. The molecular formula is C33H50O3. The maximum atomic E-state index is 13.6. The number of esters is 1. The standard InChI is InChI=1S/C33H50O3/c1-9-20-36-27(35)33-18-16-28(2,3)21-23(33)22-10-11-25-30(6)14-13-26(34)29(4,5)24(30)12-15-32(25,8)31(22,7)17-19-33/h1,10,23-26,34H,11-21H2,2-8H3/t23-,24?,25+,26-,30-,31+,32+,33-/m0/s1. The molecule has 0 saturated heterocycles. The highest BCUT2D eigenvalue weighted by Crippen LogP contribution is 2.75. The van der Waals surface area contributed by atoms with Crippen molar-refractivity contribution in [2.45, 2.75) is 119 Å². The Labute approximate surface area is 220 Å². The lowest BCUT2D eigenvalue weighted by Gasteiger charge is -2.71. The summed E-state index contributed by atoms with van der Waals surface area (Å²) in [6.45, 7) is 17.2. The van der Waals surface area contributed by atoms with Crippen LogP contribution in [0.5, 0.6) is 0 Å². The van der Waals surface area contributed by atoms with Gasteiger partial charge < -0.3 is 9.84 Å². The van der Waals surface area contributed by atoms with Crippen molar-refractivity contribution in [3.63, 3.8) is 0 Å². The minimum absolute atomic E-state index is 0.0326. The van der Waals surface area contributed by atoms with Gasteiger partial charge in [0.25, 0.3) is 0 Å². The normalized spacial score (nSPS) is 48.7. The topological polar surface area (TPSA) is 46.5 Å². The number of carbonyl (C=O) groups is 1. The zero-order valence-corrected chi connectivity index (χ0v) is 24.0. The van der Waals surface area contributed by atoms with Crippen LogP contribution in [0.15, 0.2) is 11.6 Å². The van der Waals surface area contributed by atoms with Gasteiger partial charge in [0.15, 0.2) is 6.61 Å². The fourth-order valence-electron chi connectivity index (χ4n) is 10.9. The molecule has 3 nitrogen and oxygen atoms in total. The smallest absolute Gasteiger partial charge is 0.313 e. The molecule has 0 radical (unpaired) electrons. The first kappa shape index (κ1) is 26.3. The Hall–Kier alpha value is -1.27. The largest absolute Gasteiger partial charge is 0.452 e. The summed E-state index contributed by atoms with van der Waals surface area (Å²) < 4.78 is 5.70. The van der Waals surface area contributed by atoms with Crippen molar-refractivity contribution in [1.82, 2.24) is 0 Å². The van der Waals surface area contributed by atoms with Crippen molar-refractivity contribution < 1.29 is 14.6 Å². The number of allylic oxidation sites excluding steroid dienone is 2. The van der Waals surface area contributed by atoms with Crippen molar-refractivity contribution in [1.29, 1.82) is 0 Å². The van der Waals surface area contributed by atoms with Gasteiger partial charge in [-0.05, 0) is 109 Å². The highest BCUT2D eigenvalue weighted by molar-refractivity contribution is 5.79. The van der Waals surface area contributed by atoms with Gasteiger partial charge in [-0.2, -0.15) is 0 Å². The fourth-order valence-corrected chi connectivity index (χ4v) is 10.9. The second-order valence-corrected chi connectivity index (χ2v) is 15.5. The van der Waals surface area contributed by atoms with Crippen LogP contribution in [0.4, 0.5) is 0 Å². The molecule has 1 N–H and O–H groups in total. The Kier molecular flexibility index (Phi) is 5.94. The van der Waals surface area contributed by atoms with Crippen molar-refractivity contribution in [3.8, 4) is 12.3 Å². The summed E-state index contributed by atoms with van der Waals surface area (Å²) in [6, 6.07) is 0. The Morgan fingerprint density at radius 3 is 2.39 bits per heavy atom. The van der Waals surface area contributed by atoms with E-state index in [0.717, 1.165) is 51.4 Å². The second-order valence-electron chi connectivity index (χ2n) is 15.5. The lowest BCUT2D eigenvalue weighted by Crippen LogP contribution is -2.65. The number of fused-ring (bicyclic) bond motifs is 7. The minimum atomic E-state index is -0.418. The first-order valence-corrected chi connectivity index (χ1v) is 14.7. The molecular weight excluding hydrogens is 444 g/mol. The molecule has 0 aliphatic heterocycles. The van der Waals surface area contributed by atoms with Crippen LogP contribution in [0.1, 0.15) is 113 Å². The summed E-state index contributed by atoms with van der Waals surface area (Å²) in [4.78, 5) is 13.6. The number of aliphatic hydroxyl groups excluding tert-OH is 1. The SMILES string of the molecule is C#CCOC(=O)[C@]12CCC(C)(C)C[C@H]1C1=CC[C@@H]3[C@@]4(C)CC[C@H](O)C(C)(C)C4CC[C@@]3(C)[C@]1(C)CC2. The molecule has 36 heavy (non-hydrogen) atoms. The highest BCUT2D eigenvalue weighted by Gasteiger charge is 2.69. The summed E-state index contributed by atoms with van der Waals surface area (Å²) in [7, 11) is 0. The van der Waals surface area contributed by atoms with Gasteiger partial charge in [0.05, 0.1) is 11.5 Å². The van der Waals surface area contributed by atoms with Crippen LogP contribution in [-0.4, -0.2) is 23.8 Å². The summed E-state index contributed by atoms with van der Waals surface area (Å²) in [5.74, 6) is 3.89. The maximum absolute atomic E-state index is 13.6. The van der Waals surface area contributed by atoms with Gasteiger partial charge in [0, 0.05) is 0 Å². The molecule has 1 unspecified atom stereocenters. The number of aliphatic hydroxyl groups is 1. The van der Waals surface area contributed by atoms with Gasteiger partial charge in [0.2, 0.25) is 0 Å². The van der Waals surface area contributed by atoms with Gasteiger partial charge in [0.1, 0.15) is 0 Å². The summed E-state index contributed by atoms with van der Waals surface area (Å²) >= 11 is 0. The van der Waals surface area contributed by atoms with Crippen molar-refractivity contribution in [2.24, 2.45) is 50.2 Å². The second kappa shape index (κ2) is 8.11. The number of hydrogen-bond acceptors (Lipinski definition) is 3. The monoisotopic (exact) mass is 494 g/mol. The van der Waals surface area contributed by atoms with E-state index < -0.39 is 5.41 Å². The third-order valence-electron chi connectivity index (χ3n) is 13.3. The van der Waals surface area contributed by atoms with E-state index in [0.29, 0.717) is 11.8 Å². The summed E-state index contributed by atoms with van der Waals surface area (Å²) in [5, 5.41) is 10.9. The first-order valence-electron chi connectivity index (χ1n) is 14.7. The lowest BCUT2D eigenvalue weighted by atomic mass is 9.33. The van der Waals surface area contributed by atoms with E-state index in [9.17, 15) is 9.90 Å². The lowest BCUT2D eigenvalue weighted by molar-refractivity contribution is -0.206. The molecule has 3 heteroatoms. The Morgan fingerprint density at radius 1 is 1.00 bits per heavy atom. The van der Waals surface area contributed by atoms with E-state index >= 15 is 0 Å². The quantitative estimate of drug-likeness (QED) is 0.248. The van der Waals surface area contributed by atoms with E-state index in [-0.39, 0.29) is 51.7 Å². The summed E-state index contributed by atoms with van der Waals surface area (Å²) in [5.41, 5.74) is 1.89. The molecule has 0 aromatic rings. The fraction of sp³-hybridized carbons (Fsp3) is 0.848. The third kappa shape index (κ3) is 3.31. The van der Waals surface area contributed by atoms with Gasteiger partial charge in [-0.15, -0.1) is 6.42 Å². The molecule has 5 aliphatic carbocycles. The van der Waals surface area contributed by atoms with Crippen LogP contribution in [-0.2, 0) is 9.53 Å². The van der Waals surface area contributed by atoms with Crippen LogP contribution in [0.25, 0.3) is 0 Å². The van der Waals surface area contributed by atoms with Crippen molar-refractivity contribution in [2.75, 3.05) is 6.61 Å². The molecule has 0 aromatic heterocycles. The van der Waals surface area contributed by atoms with Gasteiger partial charge in [-0.1, -0.05) is 66.0 Å². The molecule has 5 aliphatic rings. The van der Waals surface area contributed by atoms with Gasteiger partial charge in [-0.3, -0.25) is 4.79 Å². The van der Waals surface area contributed by atoms with E-state index in [4.69, 9.17) is 11.2 Å². The van der Waals surface area contributed by atoms with Crippen LogP contribution >= 0.6 is 0 Å². The molecule has 5 rings (SSSR count). The van der Waals surface area contributed by atoms with Gasteiger partial charge in [-0.25, -0.2) is 0 Å². The number of rotatable bonds is 2. The summed E-state index contributed by atoms with van der Waals surface area (Å²) in [6.07, 6.45) is 18.4. The first-order chi connectivity index (χ1) is 16.7. The predicted molar refractivity (Wildman–Crippen MR) is 145 cm³/mol. The Balaban J connectivity index is 1.58. The molecule has 0 heterocycles. The maximum Gasteiger partial charge on any atom is 0.313 e. The molecule has 0 aromatic carbocycles. The van der Waals surface area contributed by atoms with Crippen molar-refractivity contribution >= 4 is 5.97 Å². The molecule has 4 fully saturated rings. The Morgan fingerprint density at radius 2 is 1.69 bits per heavy atom. The van der Waals surface area contributed by atoms with Crippen LogP contribution in [0, 0.1) is 62.6 Å². The van der Waals surface area contributed by atoms with Crippen LogP contribution in [0.3, 0.4) is 0 Å².